The molecule has 1 fully saturated rings. The van der Waals surface area contributed by atoms with Gasteiger partial charge in [-0.3, -0.25) is 9.59 Å². The number of hydrogen-bond acceptors (Lipinski definition) is 3. The van der Waals surface area contributed by atoms with E-state index in [4.69, 9.17) is 11.6 Å². The lowest BCUT2D eigenvalue weighted by Gasteiger charge is -2.13. The smallest absolute Gasteiger partial charge is 0.298 e. The van der Waals surface area contributed by atoms with Crippen LogP contribution in [0.3, 0.4) is 0 Å². The number of halogens is 1. The molecule has 0 unspecified atom stereocenters. The van der Waals surface area contributed by atoms with Gasteiger partial charge in [-0.2, -0.15) is 0 Å². The number of imide groups is 1. The fourth-order valence-corrected chi connectivity index (χ4v) is 4.15. The molecule has 1 aliphatic heterocycles. The van der Waals surface area contributed by atoms with Gasteiger partial charge in [0, 0.05) is 29.2 Å². The van der Waals surface area contributed by atoms with Gasteiger partial charge in [0.05, 0.1) is 15.6 Å². The number of carbonyl (C=O) groups is 2. The molecule has 1 aliphatic rings. The normalized spacial score (nSPS) is 16.2. The molecule has 0 aliphatic carbocycles. The zero-order valence-electron chi connectivity index (χ0n) is 14.0. The molecule has 6 heteroatoms. The van der Waals surface area contributed by atoms with Crippen molar-refractivity contribution in [3.8, 4) is 0 Å². The molecule has 2 amide bonds. The number of para-hydroxylation sites is 2. The van der Waals surface area contributed by atoms with Crippen LogP contribution in [0.1, 0.15) is 12.5 Å². The Kier molecular flexibility index (Phi) is 4.34. The number of thioether (sulfide) groups is 1. The molecule has 4 nitrogen and oxygen atoms in total. The molecule has 1 aromatic heterocycles. The Balaban J connectivity index is 1.77. The topological polar surface area (TPSA) is 42.3 Å². The third-order valence-corrected chi connectivity index (χ3v) is 5.52. The third kappa shape index (κ3) is 2.73. The fourth-order valence-electron chi connectivity index (χ4n) is 3.10. The van der Waals surface area contributed by atoms with Gasteiger partial charge in [-0.15, -0.1) is 0 Å². The van der Waals surface area contributed by atoms with Crippen LogP contribution in [0.25, 0.3) is 17.0 Å². The molecule has 0 bridgehead atoms. The van der Waals surface area contributed by atoms with Gasteiger partial charge in [0.25, 0.3) is 11.1 Å². The molecule has 0 radical (unpaired) electrons. The molecule has 0 atom stereocenters. The highest BCUT2D eigenvalue weighted by Gasteiger charge is 2.37. The van der Waals surface area contributed by atoms with Crippen LogP contribution in [0.5, 0.6) is 0 Å². The van der Waals surface area contributed by atoms with Gasteiger partial charge in [-0.1, -0.05) is 41.9 Å². The van der Waals surface area contributed by atoms with Crippen LogP contribution >= 0.6 is 23.4 Å². The van der Waals surface area contributed by atoms with Crippen molar-refractivity contribution in [1.82, 2.24) is 4.57 Å². The van der Waals surface area contributed by atoms with Crippen LogP contribution < -0.4 is 4.90 Å². The Labute approximate surface area is 160 Å². The zero-order chi connectivity index (χ0) is 18.3. The quantitative estimate of drug-likeness (QED) is 0.557. The van der Waals surface area contributed by atoms with Crippen LogP contribution in [0.4, 0.5) is 10.5 Å². The maximum atomic E-state index is 12.8. The molecular weight excluding hydrogens is 368 g/mol. The Morgan fingerprint density at radius 1 is 1.08 bits per heavy atom. The average Bonchev–Trinajstić information content (AvgIpc) is 3.14. The minimum atomic E-state index is -0.346. The summed E-state index contributed by atoms with van der Waals surface area (Å²) in [6, 6.07) is 14.9. The lowest BCUT2D eigenvalue weighted by atomic mass is 10.1. The molecule has 3 aromatic rings. The highest BCUT2D eigenvalue weighted by atomic mass is 35.5. The second kappa shape index (κ2) is 6.67. The molecule has 130 valence electrons. The molecule has 0 spiro atoms. The van der Waals surface area contributed by atoms with E-state index in [1.807, 2.05) is 30.5 Å². The third-order valence-electron chi connectivity index (χ3n) is 4.33. The van der Waals surface area contributed by atoms with E-state index >= 15 is 0 Å². The number of rotatable bonds is 3. The standard InChI is InChI=1S/C20H15ClN2O2S/c1-2-22-12-13(14-7-3-5-9-16(14)22)11-18-19(24)23(20(25)26-18)17-10-6-4-8-15(17)21/h3-12H,2H2,1H3/b18-11-. The maximum absolute atomic E-state index is 12.8. The number of aryl methyl sites for hydroxylation is 1. The van der Waals surface area contributed by atoms with Crippen molar-refractivity contribution in [2.75, 3.05) is 4.90 Å². The van der Waals surface area contributed by atoms with E-state index in [1.54, 1.807) is 30.3 Å². The summed E-state index contributed by atoms with van der Waals surface area (Å²) >= 11 is 7.10. The summed E-state index contributed by atoms with van der Waals surface area (Å²) in [6.45, 7) is 2.90. The van der Waals surface area contributed by atoms with E-state index in [-0.39, 0.29) is 11.1 Å². The lowest BCUT2D eigenvalue weighted by Crippen LogP contribution is -2.27. The summed E-state index contributed by atoms with van der Waals surface area (Å²) in [5, 5.41) is 1.09. The maximum Gasteiger partial charge on any atom is 0.298 e. The minimum absolute atomic E-state index is 0.339. The SMILES string of the molecule is CCn1cc(/C=C2\SC(=O)N(c3ccccc3Cl)C2=O)c2ccccc21. The molecule has 26 heavy (non-hydrogen) atoms. The Bertz CT molecular complexity index is 1070. The van der Waals surface area contributed by atoms with Crippen molar-refractivity contribution in [2.45, 2.75) is 13.5 Å². The number of hydrogen-bond donors (Lipinski definition) is 0. The van der Waals surface area contributed by atoms with Crippen molar-refractivity contribution in [1.29, 1.82) is 0 Å². The van der Waals surface area contributed by atoms with E-state index in [1.165, 1.54) is 0 Å². The van der Waals surface area contributed by atoms with Gasteiger partial charge in [-0.25, -0.2) is 4.90 Å². The fraction of sp³-hybridized carbons (Fsp3) is 0.100. The number of aromatic nitrogens is 1. The van der Waals surface area contributed by atoms with E-state index in [2.05, 4.69) is 11.5 Å². The van der Waals surface area contributed by atoms with Crippen LogP contribution in [0, 0.1) is 0 Å². The number of anilines is 1. The summed E-state index contributed by atoms with van der Waals surface area (Å²) in [7, 11) is 0. The first-order chi connectivity index (χ1) is 12.6. The number of nitrogens with zero attached hydrogens (tertiary/aromatic N) is 2. The van der Waals surface area contributed by atoms with Crippen molar-refractivity contribution >= 4 is 57.2 Å². The minimum Gasteiger partial charge on any atom is -0.347 e. The van der Waals surface area contributed by atoms with Gasteiger partial charge >= 0.3 is 0 Å². The highest BCUT2D eigenvalue weighted by Crippen LogP contribution is 2.39. The molecule has 4 rings (SSSR count). The first-order valence-electron chi connectivity index (χ1n) is 8.20. The summed E-state index contributed by atoms with van der Waals surface area (Å²) in [6.07, 6.45) is 3.80. The van der Waals surface area contributed by atoms with Crippen LogP contribution in [0.2, 0.25) is 5.02 Å². The van der Waals surface area contributed by atoms with E-state index in [9.17, 15) is 9.59 Å². The average molecular weight is 383 g/mol. The van der Waals surface area contributed by atoms with Crippen molar-refractivity contribution in [3.05, 3.63) is 70.2 Å². The Hall–Kier alpha value is -2.50. The summed E-state index contributed by atoms with van der Waals surface area (Å²) in [5.41, 5.74) is 2.44. The van der Waals surface area contributed by atoms with Crippen LogP contribution in [-0.4, -0.2) is 15.7 Å². The van der Waals surface area contributed by atoms with Gasteiger partial charge in [-0.05, 0) is 43.0 Å². The lowest BCUT2D eigenvalue weighted by molar-refractivity contribution is -0.113. The molecule has 2 heterocycles. The predicted molar refractivity (Wildman–Crippen MR) is 108 cm³/mol. The second-order valence-corrected chi connectivity index (χ2v) is 7.26. The Morgan fingerprint density at radius 3 is 2.58 bits per heavy atom. The second-order valence-electron chi connectivity index (χ2n) is 5.86. The van der Waals surface area contributed by atoms with Gasteiger partial charge < -0.3 is 4.57 Å². The van der Waals surface area contributed by atoms with Crippen molar-refractivity contribution < 1.29 is 9.59 Å². The van der Waals surface area contributed by atoms with Gasteiger partial charge in [0.1, 0.15) is 0 Å². The summed E-state index contributed by atoms with van der Waals surface area (Å²) in [5.74, 6) is -0.346. The zero-order valence-corrected chi connectivity index (χ0v) is 15.6. The number of amides is 2. The summed E-state index contributed by atoms with van der Waals surface area (Å²) < 4.78 is 2.12. The van der Waals surface area contributed by atoms with Crippen molar-refractivity contribution in [3.63, 3.8) is 0 Å². The number of fused-ring (bicyclic) bond motifs is 1. The van der Waals surface area contributed by atoms with Crippen LogP contribution in [0.15, 0.2) is 59.6 Å². The predicted octanol–water partition coefficient (Wildman–Crippen LogP) is 5.56. The molecule has 2 aromatic carbocycles. The van der Waals surface area contributed by atoms with E-state index < -0.39 is 0 Å². The molecular formula is C20H15ClN2O2S. The monoisotopic (exact) mass is 382 g/mol. The largest absolute Gasteiger partial charge is 0.347 e. The molecule has 0 saturated carbocycles. The van der Waals surface area contributed by atoms with E-state index in [0.29, 0.717) is 15.6 Å². The van der Waals surface area contributed by atoms with Gasteiger partial charge in [0.2, 0.25) is 0 Å². The first-order valence-corrected chi connectivity index (χ1v) is 9.40. The van der Waals surface area contributed by atoms with Crippen LogP contribution in [-0.2, 0) is 11.3 Å². The molecule has 1 saturated heterocycles. The first kappa shape index (κ1) is 16.9. The molecule has 0 N–H and O–H groups in total. The van der Waals surface area contributed by atoms with Gasteiger partial charge in [0.15, 0.2) is 0 Å². The number of carbonyl (C=O) groups excluding carboxylic acids is 2. The number of benzene rings is 2. The Morgan fingerprint density at radius 2 is 1.81 bits per heavy atom. The van der Waals surface area contributed by atoms with Crippen molar-refractivity contribution in [2.24, 2.45) is 0 Å². The highest BCUT2D eigenvalue weighted by molar-refractivity contribution is 8.19. The summed E-state index contributed by atoms with van der Waals surface area (Å²) in [4.78, 5) is 26.8. The van der Waals surface area contributed by atoms with E-state index in [0.717, 1.165) is 39.7 Å².